The van der Waals surface area contributed by atoms with E-state index >= 15 is 0 Å². The number of aromatic nitrogens is 1. The van der Waals surface area contributed by atoms with Crippen molar-refractivity contribution in [1.29, 1.82) is 0 Å². The summed E-state index contributed by atoms with van der Waals surface area (Å²) in [6.07, 6.45) is 9.02. The van der Waals surface area contributed by atoms with Crippen molar-refractivity contribution < 1.29 is 10.0 Å². The van der Waals surface area contributed by atoms with Gasteiger partial charge in [0, 0.05) is 24.4 Å². The molecule has 2 N–H and O–H groups in total. The molecule has 0 spiro atoms. The van der Waals surface area contributed by atoms with E-state index in [0.717, 1.165) is 19.5 Å². The molecule has 2 aromatic rings. The number of rotatable bonds is 5. The zero-order valence-corrected chi connectivity index (χ0v) is 15.6. The topological polar surface area (TPSA) is 37.6 Å². The van der Waals surface area contributed by atoms with E-state index in [1.54, 1.807) is 0 Å². The lowest BCUT2D eigenvalue weighted by Crippen LogP contribution is -3.13. The predicted octanol–water partition coefficient (Wildman–Crippen LogP) is 2.58. The molecule has 26 heavy (non-hydrogen) atoms. The first-order chi connectivity index (χ1) is 12.6. The van der Waals surface area contributed by atoms with E-state index in [2.05, 4.69) is 35.0 Å². The third kappa shape index (κ3) is 5.42. The number of aliphatic hydroxyl groups is 1. The Hall–Kier alpha value is -2.15. The molecule has 1 unspecified atom stereocenters. The fraction of sp³-hybridized carbons (Fsp3) is 0.435. The maximum atomic E-state index is 10.6. The molecule has 1 aromatic carbocycles. The highest BCUT2D eigenvalue weighted by molar-refractivity contribution is 5.18. The van der Waals surface area contributed by atoms with Crippen LogP contribution in [0.15, 0.2) is 54.9 Å². The zero-order valence-electron chi connectivity index (χ0n) is 15.6. The van der Waals surface area contributed by atoms with Crippen LogP contribution in [0.3, 0.4) is 0 Å². The van der Waals surface area contributed by atoms with Crippen LogP contribution in [0.1, 0.15) is 49.8 Å². The Morgan fingerprint density at radius 3 is 2.81 bits per heavy atom. The Morgan fingerprint density at radius 1 is 1.19 bits per heavy atom. The maximum absolute atomic E-state index is 10.6. The quantitative estimate of drug-likeness (QED) is 0.814. The molecule has 2 heterocycles. The van der Waals surface area contributed by atoms with Crippen LogP contribution in [-0.2, 0) is 6.42 Å². The van der Waals surface area contributed by atoms with Crippen molar-refractivity contribution in [1.82, 2.24) is 4.98 Å². The third-order valence-corrected chi connectivity index (χ3v) is 5.24. The molecule has 1 aliphatic heterocycles. The standard InChI is InChI=1S/C23H28N2O/c1-23(26,15-13-20-9-3-2-4-10-20)14-8-18-25-17-6-5-12-22(25)21-11-7-16-24-19-21/h2-4,7,9-11,16,19,22,26H,5-6,12-13,15,17-18H2,1H3/p+1/t22-,23+/m0/s1. The lowest BCUT2D eigenvalue weighted by molar-refractivity contribution is -0.930. The fourth-order valence-corrected chi connectivity index (χ4v) is 3.72. The molecule has 0 saturated carbocycles. The van der Waals surface area contributed by atoms with E-state index in [4.69, 9.17) is 0 Å². The van der Waals surface area contributed by atoms with Gasteiger partial charge in [-0.05, 0) is 50.2 Å². The van der Waals surface area contributed by atoms with Gasteiger partial charge in [0.1, 0.15) is 18.2 Å². The van der Waals surface area contributed by atoms with E-state index in [1.165, 1.54) is 35.3 Å². The Morgan fingerprint density at radius 2 is 2.04 bits per heavy atom. The smallest absolute Gasteiger partial charge is 0.139 e. The summed E-state index contributed by atoms with van der Waals surface area (Å²) in [6, 6.07) is 14.9. The van der Waals surface area contributed by atoms with Crippen molar-refractivity contribution >= 4 is 0 Å². The summed E-state index contributed by atoms with van der Waals surface area (Å²) >= 11 is 0. The summed E-state index contributed by atoms with van der Waals surface area (Å²) < 4.78 is 0. The largest absolute Gasteiger partial charge is 0.378 e. The second kappa shape index (κ2) is 8.98. The highest BCUT2D eigenvalue weighted by atomic mass is 16.3. The number of nitrogens with zero attached hydrogens (tertiary/aromatic N) is 1. The van der Waals surface area contributed by atoms with E-state index in [0.29, 0.717) is 12.5 Å². The summed E-state index contributed by atoms with van der Waals surface area (Å²) in [5.41, 5.74) is 1.61. The van der Waals surface area contributed by atoms with Gasteiger partial charge in [0.05, 0.1) is 6.54 Å². The number of aryl methyl sites for hydroxylation is 1. The van der Waals surface area contributed by atoms with Crippen LogP contribution in [0.2, 0.25) is 0 Å². The molecule has 1 aliphatic rings. The first-order valence-electron chi connectivity index (χ1n) is 9.65. The molecule has 136 valence electrons. The van der Waals surface area contributed by atoms with Gasteiger partial charge in [0.25, 0.3) is 0 Å². The van der Waals surface area contributed by atoms with Gasteiger partial charge in [0.2, 0.25) is 0 Å². The highest BCUT2D eigenvalue weighted by Crippen LogP contribution is 2.18. The van der Waals surface area contributed by atoms with Gasteiger partial charge in [-0.1, -0.05) is 42.3 Å². The third-order valence-electron chi connectivity index (χ3n) is 5.24. The lowest BCUT2D eigenvalue weighted by Gasteiger charge is -2.31. The summed E-state index contributed by atoms with van der Waals surface area (Å²) in [7, 11) is 0. The number of benzene rings is 1. The molecule has 1 saturated heterocycles. The normalized spacial score (nSPS) is 22.1. The zero-order chi connectivity index (χ0) is 18.2. The van der Waals surface area contributed by atoms with Gasteiger partial charge in [0.15, 0.2) is 0 Å². The molecule has 1 aromatic heterocycles. The molecule has 0 bridgehead atoms. The summed E-state index contributed by atoms with van der Waals surface area (Å²) in [5.74, 6) is 6.39. The van der Waals surface area contributed by atoms with Gasteiger partial charge in [-0.2, -0.15) is 0 Å². The molecule has 0 aliphatic carbocycles. The molecule has 3 atom stereocenters. The van der Waals surface area contributed by atoms with Crippen LogP contribution in [0.25, 0.3) is 0 Å². The summed E-state index contributed by atoms with van der Waals surface area (Å²) in [4.78, 5) is 5.77. The number of likely N-dealkylation sites (tertiary alicyclic amines) is 1. The first-order valence-corrected chi connectivity index (χ1v) is 9.65. The number of piperidine rings is 1. The fourth-order valence-electron chi connectivity index (χ4n) is 3.72. The maximum Gasteiger partial charge on any atom is 0.139 e. The second-order valence-corrected chi connectivity index (χ2v) is 7.48. The van der Waals surface area contributed by atoms with Gasteiger partial charge in [-0.25, -0.2) is 0 Å². The summed E-state index contributed by atoms with van der Waals surface area (Å²) in [5, 5.41) is 10.6. The minimum absolute atomic E-state index is 0.473. The number of pyridine rings is 1. The van der Waals surface area contributed by atoms with Crippen LogP contribution in [0.5, 0.6) is 0 Å². The Balaban J connectivity index is 1.58. The molecule has 0 radical (unpaired) electrons. The van der Waals surface area contributed by atoms with Crippen molar-refractivity contribution in [3.63, 3.8) is 0 Å². The van der Waals surface area contributed by atoms with E-state index in [9.17, 15) is 5.11 Å². The van der Waals surface area contributed by atoms with Crippen LogP contribution < -0.4 is 4.90 Å². The van der Waals surface area contributed by atoms with Crippen LogP contribution in [-0.4, -0.2) is 28.8 Å². The minimum Gasteiger partial charge on any atom is -0.378 e. The van der Waals surface area contributed by atoms with Gasteiger partial charge >= 0.3 is 0 Å². The average Bonchev–Trinajstić information content (AvgIpc) is 2.68. The monoisotopic (exact) mass is 349 g/mol. The highest BCUT2D eigenvalue weighted by Gasteiger charge is 2.27. The van der Waals surface area contributed by atoms with Crippen LogP contribution in [0, 0.1) is 11.8 Å². The summed E-state index contributed by atoms with van der Waals surface area (Å²) in [6.45, 7) is 3.74. The van der Waals surface area contributed by atoms with E-state index < -0.39 is 5.60 Å². The number of quaternary nitrogens is 1. The van der Waals surface area contributed by atoms with Gasteiger partial charge in [-0.3, -0.25) is 4.98 Å². The Labute approximate surface area is 157 Å². The minimum atomic E-state index is -0.936. The number of nitrogens with one attached hydrogen (secondary N) is 1. The van der Waals surface area contributed by atoms with Crippen molar-refractivity contribution in [2.45, 2.75) is 50.7 Å². The molecule has 3 nitrogen and oxygen atoms in total. The number of hydrogen-bond donors (Lipinski definition) is 2. The number of hydrogen-bond acceptors (Lipinski definition) is 2. The first kappa shape index (κ1) is 18.6. The molecule has 0 amide bonds. The molecule has 3 heteroatoms. The molecular weight excluding hydrogens is 320 g/mol. The van der Waals surface area contributed by atoms with Crippen LogP contribution >= 0.6 is 0 Å². The van der Waals surface area contributed by atoms with E-state index in [-0.39, 0.29) is 0 Å². The van der Waals surface area contributed by atoms with Crippen molar-refractivity contribution in [2.24, 2.45) is 0 Å². The lowest BCUT2D eigenvalue weighted by atomic mass is 9.96. The SMILES string of the molecule is C[C@@](O)(C#CC[NH+]1CCCC[C@H]1c1cccnc1)CCc1ccccc1. The Bertz CT molecular complexity index is 731. The van der Waals surface area contributed by atoms with Crippen molar-refractivity contribution in [2.75, 3.05) is 13.1 Å². The molecule has 1 fully saturated rings. The van der Waals surface area contributed by atoms with E-state index in [1.807, 2.05) is 43.6 Å². The van der Waals surface area contributed by atoms with Crippen molar-refractivity contribution in [3.05, 3.63) is 66.0 Å². The Kier molecular flexibility index (Phi) is 6.44. The second-order valence-electron chi connectivity index (χ2n) is 7.48. The van der Waals surface area contributed by atoms with Crippen LogP contribution in [0.4, 0.5) is 0 Å². The molecule has 3 rings (SSSR count). The van der Waals surface area contributed by atoms with Gasteiger partial charge in [-0.15, -0.1) is 0 Å². The molecular formula is C23H29N2O+. The predicted molar refractivity (Wildman–Crippen MR) is 105 cm³/mol. The average molecular weight is 349 g/mol. The van der Waals surface area contributed by atoms with Crippen molar-refractivity contribution in [3.8, 4) is 11.8 Å². The van der Waals surface area contributed by atoms with Gasteiger partial charge < -0.3 is 10.0 Å².